The van der Waals surface area contributed by atoms with Crippen LogP contribution in [0.25, 0.3) is 5.65 Å². The van der Waals surface area contributed by atoms with Gasteiger partial charge in [0.15, 0.2) is 5.65 Å². The first-order valence-corrected chi connectivity index (χ1v) is 11.0. The van der Waals surface area contributed by atoms with Crippen molar-refractivity contribution in [1.82, 2.24) is 24.2 Å². The summed E-state index contributed by atoms with van der Waals surface area (Å²) in [6.07, 6.45) is 2.38. The molecule has 0 aliphatic carbocycles. The minimum Gasteiger partial charge on any atom is -0.352 e. The highest BCUT2D eigenvalue weighted by Crippen LogP contribution is 2.21. The van der Waals surface area contributed by atoms with Gasteiger partial charge in [-0.05, 0) is 36.8 Å². The summed E-state index contributed by atoms with van der Waals surface area (Å²) in [5, 5.41) is 11.1. The van der Waals surface area contributed by atoms with E-state index in [-0.39, 0.29) is 10.8 Å². The van der Waals surface area contributed by atoms with Crippen LogP contribution in [-0.4, -0.2) is 52.9 Å². The van der Waals surface area contributed by atoms with Crippen molar-refractivity contribution in [1.29, 1.82) is 0 Å². The summed E-state index contributed by atoms with van der Waals surface area (Å²) < 4.78 is 29.0. The van der Waals surface area contributed by atoms with Gasteiger partial charge in [0.2, 0.25) is 10.0 Å². The zero-order chi connectivity index (χ0) is 21.0. The van der Waals surface area contributed by atoms with Gasteiger partial charge < -0.3 is 5.32 Å². The second-order valence-corrected chi connectivity index (χ2v) is 8.53. The molecule has 154 valence electrons. The normalized spacial score (nSPS) is 11.9. The highest BCUT2D eigenvalue weighted by molar-refractivity contribution is 7.89. The number of sulfonamides is 1. The minimum atomic E-state index is -3.64. The molecule has 3 rings (SSSR count). The fraction of sp³-hybridized carbons (Fsp3) is 0.350. The Morgan fingerprint density at radius 1 is 1.14 bits per heavy atom. The lowest BCUT2D eigenvalue weighted by atomic mass is 10.1. The number of hydrogen-bond acceptors (Lipinski definition) is 5. The molecule has 29 heavy (non-hydrogen) atoms. The number of hydrogen-bond donors (Lipinski definition) is 1. The van der Waals surface area contributed by atoms with Crippen molar-refractivity contribution in [2.45, 2.75) is 32.1 Å². The third-order valence-electron chi connectivity index (χ3n) is 4.79. The van der Waals surface area contributed by atoms with E-state index in [2.05, 4.69) is 15.5 Å². The number of fused-ring (bicyclic) bond motifs is 1. The highest BCUT2D eigenvalue weighted by atomic mass is 32.2. The first-order chi connectivity index (χ1) is 13.9. The molecule has 0 aliphatic heterocycles. The smallest absolute Gasteiger partial charge is 0.251 e. The number of benzene rings is 1. The summed E-state index contributed by atoms with van der Waals surface area (Å²) in [4.78, 5) is 12.7. The lowest BCUT2D eigenvalue weighted by Gasteiger charge is -2.20. The van der Waals surface area contributed by atoms with E-state index < -0.39 is 10.0 Å². The molecule has 1 amide bonds. The van der Waals surface area contributed by atoms with Gasteiger partial charge in [0.25, 0.3) is 5.91 Å². The molecule has 0 radical (unpaired) electrons. The Hall–Kier alpha value is -2.78. The molecule has 0 spiro atoms. The SMILES string of the molecule is CCN(CC)S(=O)(=O)c1cc(C(=O)NCCc2nnc3ccccn23)ccc1C. The summed E-state index contributed by atoms with van der Waals surface area (Å²) in [5.41, 5.74) is 1.68. The molecule has 0 atom stereocenters. The van der Waals surface area contributed by atoms with Gasteiger partial charge in [0.05, 0.1) is 4.90 Å². The first-order valence-electron chi connectivity index (χ1n) is 9.56. The summed E-state index contributed by atoms with van der Waals surface area (Å²) in [5.74, 6) is 0.421. The van der Waals surface area contributed by atoms with Gasteiger partial charge >= 0.3 is 0 Å². The van der Waals surface area contributed by atoms with Gasteiger partial charge in [-0.15, -0.1) is 10.2 Å². The standard InChI is InChI=1S/C20H25N5O3S/c1-4-24(5-2)29(27,28)17-14-16(10-9-15(17)3)20(26)21-12-11-19-23-22-18-8-6-7-13-25(18)19/h6-10,13-14H,4-5,11-12H2,1-3H3,(H,21,26). The highest BCUT2D eigenvalue weighted by Gasteiger charge is 2.24. The van der Waals surface area contributed by atoms with E-state index in [1.165, 1.54) is 10.4 Å². The molecule has 0 fully saturated rings. The maximum absolute atomic E-state index is 12.9. The maximum atomic E-state index is 12.9. The number of amides is 1. The molecule has 0 bridgehead atoms. The summed E-state index contributed by atoms with van der Waals surface area (Å²) in [6, 6.07) is 10.4. The second-order valence-electron chi connectivity index (χ2n) is 6.62. The van der Waals surface area contributed by atoms with E-state index in [0.29, 0.717) is 37.2 Å². The van der Waals surface area contributed by atoms with E-state index in [4.69, 9.17) is 0 Å². The van der Waals surface area contributed by atoms with E-state index >= 15 is 0 Å². The molecule has 0 saturated carbocycles. The Morgan fingerprint density at radius 3 is 2.62 bits per heavy atom. The van der Waals surface area contributed by atoms with Crippen molar-refractivity contribution in [2.75, 3.05) is 19.6 Å². The van der Waals surface area contributed by atoms with Crippen LogP contribution in [0, 0.1) is 6.92 Å². The monoisotopic (exact) mass is 415 g/mol. The zero-order valence-corrected chi connectivity index (χ0v) is 17.6. The van der Waals surface area contributed by atoms with Crippen LogP contribution in [0.3, 0.4) is 0 Å². The molecule has 0 saturated heterocycles. The van der Waals surface area contributed by atoms with Crippen LogP contribution in [0.2, 0.25) is 0 Å². The van der Waals surface area contributed by atoms with Crippen molar-refractivity contribution in [2.24, 2.45) is 0 Å². The molecule has 8 nitrogen and oxygen atoms in total. The van der Waals surface area contributed by atoms with E-state index in [1.54, 1.807) is 32.9 Å². The van der Waals surface area contributed by atoms with Gasteiger partial charge in [-0.1, -0.05) is 26.0 Å². The van der Waals surface area contributed by atoms with Crippen LogP contribution < -0.4 is 5.32 Å². The maximum Gasteiger partial charge on any atom is 0.251 e. The average molecular weight is 416 g/mol. The third kappa shape index (κ3) is 4.30. The molecule has 2 heterocycles. The largest absolute Gasteiger partial charge is 0.352 e. The van der Waals surface area contributed by atoms with Crippen molar-refractivity contribution in [3.8, 4) is 0 Å². The molecule has 9 heteroatoms. The molecule has 1 N–H and O–H groups in total. The van der Waals surface area contributed by atoms with E-state index in [1.807, 2.05) is 28.8 Å². The predicted octanol–water partition coefficient (Wildman–Crippen LogP) is 2.04. The van der Waals surface area contributed by atoms with Gasteiger partial charge in [0, 0.05) is 37.8 Å². The topological polar surface area (TPSA) is 96.7 Å². The number of pyridine rings is 1. The molecular formula is C20H25N5O3S. The molecule has 0 unspecified atom stereocenters. The van der Waals surface area contributed by atoms with Crippen LogP contribution in [0.1, 0.15) is 35.6 Å². The Labute approximate surface area is 170 Å². The van der Waals surface area contributed by atoms with Gasteiger partial charge in [-0.3, -0.25) is 9.20 Å². The molecule has 3 aromatic rings. The van der Waals surface area contributed by atoms with Crippen molar-refractivity contribution < 1.29 is 13.2 Å². The molecule has 2 aromatic heterocycles. The van der Waals surface area contributed by atoms with Crippen LogP contribution >= 0.6 is 0 Å². The number of nitrogens with zero attached hydrogens (tertiary/aromatic N) is 4. The lowest BCUT2D eigenvalue weighted by molar-refractivity contribution is 0.0953. The Kier molecular flexibility index (Phi) is 6.29. The number of aromatic nitrogens is 3. The summed E-state index contributed by atoms with van der Waals surface area (Å²) in [7, 11) is -3.64. The van der Waals surface area contributed by atoms with Crippen LogP contribution in [0.4, 0.5) is 0 Å². The Balaban J connectivity index is 1.73. The number of aryl methyl sites for hydroxylation is 1. The van der Waals surface area contributed by atoms with E-state index in [9.17, 15) is 13.2 Å². The number of nitrogens with one attached hydrogen (secondary N) is 1. The first kappa shape index (κ1) is 20.9. The predicted molar refractivity (Wildman–Crippen MR) is 110 cm³/mol. The van der Waals surface area contributed by atoms with Crippen LogP contribution in [-0.2, 0) is 16.4 Å². The second kappa shape index (κ2) is 8.71. The fourth-order valence-electron chi connectivity index (χ4n) is 3.17. The summed E-state index contributed by atoms with van der Waals surface area (Å²) >= 11 is 0. The third-order valence-corrected chi connectivity index (χ3v) is 6.98. The molecular weight excluding hydrogens is 390 g/mol. The van der Waals surface area contributed by atoms with Crippen LogP contribution in [0.5, 0.6) is 0 Å². The Bertz CT molecular complexity index is 1120. The van der Waals surface area contributed by atoms with Crippen LogP contribution in [0.15, 0.2) is 47.5 Å². The van der Waals surface area contributed by atoms with Gasteiger partial charge in [0.1, 0.15) is 5.82 Å². The average Bonchev–Trinajstić information content (AvgIpc) is 3.12. The number of carbonyl (C=O) groups is 1. The van der Waals surface area contributed by atoms with E-state index in [0.717, 1.165) is 11.5 Å². The van der Waals surface area contributed by atoms with Gasteiger partial charge in [-0.25, -0.2) is 8.42 Å². The lowest BCUT2D eigenvalue weighted by Crippen LogP contribution is -2.31. The quantitative estimate of drug-likeness (QED) is 0.607. The minimum absolute atomic E-state index is 0.164. The van der Waals surface area contributed by atoms with Crippen molar-refractivity contribution in [3.05, 3.63) is 59.5 Å². The fourth-order valence-corrected chi connectivity index (χ4v) is 4.88. The summed E-state index contributed by atoms with van der Waals surface area (Å²) in [6.45, 7) is 6.43. The van der Waals surface area contributed by atoms with Crippen molar-refractivity contribution >= 4 is 21.6 Å². The molecule has 1 aromatic carbocycles. The molecule has 0 aliphatic rings. The zero-order valence-electron chi connectivity index (χ0n) is 16.8. The number of carbonyl (C=O) groups excluding carboxylic acids is 1. The van der Waals surface area contributed by atoms with Crippen molar-refractivity contribution in [3.63, 3.8) is 0 Å². The Morgan fingerprint density at radius 2 is 1.90 bits per heavy atom. The number of rotatable bonds is 8. The van der Waals surface area contributed by atoms with Gasteiger partial charge in [-0.2, -0.15) is 4.31 Å².